The van der Waals surface area contributed by atoms with Crippen LogP contribution in [-0.4, -0.2) is 18.6 Å². The van der Waals surface area contributed by atoms with E-state index >= 15 is 0 Å². The molecule has 2 atom stereocenters. The van der Waals surface area contributed by atoms with Crippen molar-refractivity contribution < 1.29 is 0 Å². The summed E-state index contributed by atoms with van der Waals surface area (Å²) in [4.78, 5) is 2.54. The van der Waals surface area contributed by atoms with E-state index in [0.29, 0.717) is 0 Å². The second kappa shape index (κ2) is 4.68. The molecule has 3 heteroatoms. The minimum Gasteiger partial charge on any atom is -0.367 e. The summed E-state index contributed by atoms with van der Waals surface area (Å²) < 4.78 is 0. The summed E-state index contributed by atoms with van der Waals surface area (Å²) in [5, 5.41) is 4.48. The molecule has 19 heavy (non-hydrogen) atoms. The van der Waals surface area contributed by atoms with Crippen molar-refractivity contribution in [2.24, 2.45) is 5.92 Å². The normalized spacial score (nSPS) is 29.2. The van der Waals surface area contributed by atoms with Crippen molar-refractivity contribution in [2.75, 3.05) is 11.4 Å². The number of piperidine rings is 1. The maximum atomic E-state index is 6.51. The zero-order chi connectivity index (χ0) is 12.8. The van der Waals surface area contributed by atoms with E-state index in [4.69, 9.17) is 11.6 Å². The molecule has 1 aromatic carbocycles. The summed E-state index contributed by atoms with van der Waals surface area (Å²) in [7, 11) is 0. The molecular weight excluding hydrogens is 256 g/mol. The highest BCUT2D eigenvalue weighted by atomic mass is 35.5. The Morgan fingerprint density at radius 2 is 2.11 bits per heavy atom. The number of nitrogens with zero attached hydrogens (tertiary/aromatic N) is 1. The van der Waals surface area contributed by atoms with E-state index in [2.05, 4.69) is 28.4 Å². The van der Waals surface area contributed by atoms with Gasteiger partial charge in [0.2, 0.25) is 0 Å². The molecule has 3 aliphatic rings. The van der Waals surface area contributed by atoms with Crippen LogP contribution in [0.2, 0.25) is 5.02 Å². The first-order valence-corrected chi connectivity index (χ1v) is 7.96. The molecule has 0 amide bonds. The minimum atomic E-state index is 0.748. The number of benzene rings is 1. The van der Waals surface area contributed by atoms with Gasteiger partial charge < -0.3 is 10.2 Å². The van der Waals surface area contributed by atoms with Gasteiger partial charge in [-0.25, -0.2) is 0 Å². The molecule has 2 saturated carbocycles. The van der Waals surface area contributed by atoms with Gasteiger partial charge in [-0.15, -0.1) is 0 Å². The molecule has 2 aliphatic carbocycles. The number of anilines is 1. The Bertz CT molecular complexity index is 484. The number of halogens is 1. The number of nitrogens with one attached hydrogen (secondary N) is 1. The van der Waals surface area contributed by atoms with Crippen molar-refractivity contribution in [2.45, 2.75) is 50.7 Å². The molecule has 4 rings (SSSR count). The van der Waals surface area contributed by atoms with Crippen molar-refractivity contribution in [1.29, 1.82) is 0 Å². The fourth-order valence-corrected chi connectivity index (χ4v) is 3.97. The fraction of sp³-hybridized carbons (Fsp3) is 0.625. The highest BCUT2D eigenvalue weighted by molar-refractivity contribution is 6.33. The Kier molecular flexibility index (Phi) is 2.96. The van der Waals surface area contributed by atoms with Crippen molar-refractivity contribution in [1.82, 2.24) is 5.32 Å². The minimum absolute atomic E-state index is 0.748. The topological polar surface area (TPSA) is 15.3 Å². The molecule has 1 heterocycles. The van der Waals surface area contributed by atoms with E-state index < -0.39 is 0 Å². The summed E-state index contributed by atoms with van der Waals surface area (Å²) >= 11 is 6.51. The summed E-state index contributed by atoms with van der Waals surface area (Å²) in [5.41, 5.74) is 2.56. The van der Waals surface area contributed by atoms with E-state index in [0.717, 1.165) is 29.6 Å². The van der Waals surface area contributed by atoms with Gasteiger partial charge in [0.15, 0.2) is 0 Å². The van der Waals surface area contributed by atoms with Crippen LogP contribution in [0.1, 0.15) is 37.7 Å². The quantitative estimate of drug-likeness (QED) is 0.904. The van der Waals surface area contributed by atoms with Crippen LogP contribution in [0, 0.1) is 5.92 Å². The van der Waals surface area contributed by atoms with Gasteiger partial charge in [-0.05, 0) is 55.7 Å². The number of hydrogen-bond donors (Lipinski definition) is 1. The van der Waals surface area contributed by atoms with Crippen LogP contribution < -0.4 is 10.2 Å². The maximum absolute atomic E-state index is 6.51. The lowest BCUT2D eigenvalue weighted by Crippen LogP contribution is -2.32. The molecule has 1 aliphatic heterocycles. The summed E-state index contributed by atoms with van der Waals surface area (Å²) in [6, 6.07) is 8.12. The van der Waals surface area contributed by atoms with Crippen molar-refractivity contribution in [3.05, 3.63) is 28.8 Å². The van der Waals surface area contributed by atoms with Crippen molar-refractivity contribution >= 4 is 17.3 Å². The Hall–Kier alpha value is -0.730. The van der Waals surface area contributed by atoms with Crippen molar-refractivity contribution in [3.8, 4) is 0 Å². The van der Waals surface area contributed by atoms with Gasteiger partial charge in [-0.2, -0.15) is 0 Å². The number of fused-ring (bicyclic) bond motifs is 2. The summed E-state index contributed by atoms with van der Waals surface area (Å²) in [6.07, 6.45) is 6.82. The predicted octanol–water partition coefficient (Wildman–Crippen LogP) is 3.58. The second-order valence-corrected chi connectivity index (χ2v) is 6.83. The molecule has 2 nitrogen and oxygen atoms in total. The molecule has 0 aromatic heterocycles. The van der Waals surface area contributed by atoms with E-state index in [1.807, 2.05) is 0 Å². The molecule has 1 N–H and O–H groups in total. The summed E-state index contributed by atoms with van der Waals surface area (Å²) in [6.45, 7) is 2.17. The highest BCUT2D eigenvalue weighted by Crippen LogP contribution is 2.42. The average Bonchev–Trinajstić information content (AvgIpc) is 3.01. The van der Waals surface area contributed by atoms with E-state index in [1.54, 1.807) is 0 Å². The SMILES string of the molecule is Clc1cc(CNC2CC2)ccc1N1CC2CCC1C2. The van der Waals surface area contributed by atoms with E-state index in [-0.39, 0.29) is 0 Å². The van der Waals surface area contributed by atoms with Crippen LogP contribution in [-0.2, 0) is 6.54 Å². The largest absolute Gasteiger partial charge is 0.367 e. The molecule has 3 fully saturated rings. The van der Waals surface area contributed by atoms with E-state index in [9.17, 15) is 0 Å². The average molecular weight is 277 g/mol. The van der Waals surface area contributed by atoms with Crippen LogP contribution in [0.3, 0.4) is 0 Å². The molecule has 2 bridgehead atoms. The number of rotatable bonds is 4. The van der Waals surface area contributed by atoms with Crippen molar-refractivity contribution in [3.63, 3.8) is 0 Å². The van der Waals surface area contributed by atoms with Gasteiger partial charge in [-0.1, -0.05) is 17.7 Å². The third-order valence-corrected chi connectivity index (χ3v) is 5.21. The Morgan fingerprint density at radius 1 is 1.21 bits per heavy atom. The molecule has 1 saturated heterocycles. The second-order valence-electron chi connectivity index (χ2n) is 6.43. The fourth-order valence-electron chi connectivity index (χ4n) is 3.66. The first-order valence-electron chi connectivity index (χ1n) is 7.58. The molecule has 0 radical (unpaired) electrons. The molecule has 1 aromatic rings. The first kappa shape index (κ1) is 12.0. The van der Waals surface area contributed by atoms with Gasteiger partial charge in [0.1, 0.15) is 0 Å². The molecule has 0 spiro atoms. The molecular formula is C16H21ClN2. The number of hydrogen-bond acceptors (Lipinski definition) is 2. The van der Waals surface area contributed by atoms with Crippen LogP contribution in [0.5, 0.6) is 0 Å². The van der Waals surface area contributed by atoms with Crippen LogP contribution in [0.15, 0.2) is 18.2 Å². The van der Waals surface area contributed by atoms with Crippen LogP contribution >= 0.6 is 11.6 Å². The van der Waals surface area contributed by atoms with Gasteiger partial charge in [0, 0.05) is 25.2 Å². The zero-order valence-electron chi connectivity index (χ0n) is 11.2. The zero-order valence-corrected chi connectivity index (χ0v) is 12.0. The van der Waals surface area contributed by atoms with E-state index in [1.165, 1.54) is 49.9 Å². The monoisotopic (exact) mass is 276 g/mol. The van der Waals surface area contributed by atoms with Crippen LogP contribution in [0.4, 0.5) is 5.69 Å². The smallest absolute Gasteiger partial charge is 0.0642 e. The van der Waals surface area contributed by atoms with Crippen LogP contribution in [0.25, 0.3) is 0 Å². The van der Waals surface area contributed by atoms with Gasteiger partial charge >= 0.3 is 0 Å². The third-order valence-electron chi connectivity index (χ3n) is 4.90. The molecule has 102 valence electrons. The summed E-state index contributed by atoms with van der Waals surface area (Å²) in [5.74, 6) is 0.914. The lowest BCUT2D eigenvalue weighted by molar-refractivity contribution is 0.553. The van der Waals surface area contributed by atoms with Gasteiger partial charge in [0.25, 0.3) is 0 Å². The standard InChI is InChI=1S/C16H21ClN2/c17-15-8-11(9-18-13-3-4-13)2-6-16(15)19-10-12-1-5-14(19)7-12/h2,6,8,12-14,18H,1,3-5,7,9-10H2. The third kappa shape index (κ3) is 2.36. The maximum Gasteiger partial charge on any atom is 0.0642 e. The molecule has 2 unspecified atom stereocenters. The lowest BCUT2D eigenvalue weighted by Gasteiger charge is -2.30. The first-order chi connectivity index (χ1) is 9.29. The predicted molar refractivity (Wildman–Crippen MR) is 79.8 cm³/mol. The Balaban J connectivity index is 1.49. The van der Waals surface area contributed by atoms with Gasteiger partial charge in [0.05, 0.1) is 10.7 Å². The van der Waals surface area contributed by atoms with Gasteiger partial charge in [-0.3, -0.25) is 0 Å². The Labute approximate surface area is 120 Å². The highest BCUT2D eigenvalue weighted by Gasteiger charge is 2.38. The lowest BCUT2D eigenvalue weighted by atomic mass is 10.1. The Morgan fingerprint density at radius 3 is 2.74 bits per heavy atom.